The van der Waals surface area contributed by atoms with Gasteiger partial charge in [-0.25, -0.2) is 4.99 Å². The first-order valence-electron chi connectivity index (χ1n) is 9.99. The van der Waals surface area contributed by atoms with Crippen LogP contribution < -0.4 is 14.8 Å². The van der Waals surface area contributed by atoms with E-state index in [4.69, 9.17) is 23.6 Å². The second-order valence-corrected chi connectivity index (χ2v) is 8.11. The zero-order chi connectivity index (χ0) is 21.2. The summed E-state index contributed by atoms with van der Waals surface area (Å²) in [5, 5.41) is 11.6. The smallest absolute Gasteiger partial charge is 0.232 e. The maximum absolute atomic E-state index is 6.18. The van der Waals surface area contributed by atoms with E-state index >= 15 is 0 Å². The fraction of sp³-hybridized carbons (Fsp3) is 0.261. The minimum atomic E-state index is 0.0268. The van der Waals surface area contributed by atoms with Crippen molar-refractivity contribution in [2.75, 3.05) is 20.8 Å². The minimum Gasteiger partial charge on any atom is -0.497 e. The Kier molecular flexibility index (Phi) is 5.40. The summed E-state index contributed by atoms with van der Waals surface area (Å²) >= 11 is 1.46. The summed E-state index contributed by atoms with van der Waals surface area (Å²) in [5.41, 5.74) is 1.63. The topological polar surface area (TPSA) is 79.0 Å². The Morgan fingerprint density at radius 3 is 2.55 bits per heavy atom. The monoisotopic (exact) mass is 435 g/mol. The van der Waals surface area contributed by atoms with Crippen molar-refractivity contribution in [1.29, 1.82) is 0 Å². The second-order valence-electron chi connectivity index (χ2n) is 7.12. The molecular formula is C23H21N3O4S. The lowest BCUT2D eigenvalue weighted by atomic mass is 10.1. The summed E-state index contributed by atoms with van der Waals surface area (Å²) in [6, 6.07) is 15.3. The van der Waals surface area contributed by atoms with Crippen molar-refractivity contribution in [1.82, 2.24) is 10.2 Å². The Morgan fingerprint density at radius 1 is 1.00 bits per heavy atom. The predicted molar refractivity (Wildman–Crippen MR) is 118 cm³/mol. The molecule has 0 unspecified atom stereocenters. The fourth-order valence-electron chi connectivity index (χ4n) is 3.54. The summed E-state index contributed by atoms with van der Waals surface area (Å²) in [6.07, 6.45) is 2.05. The number of hydrogen-bond donors (Lipinski definition) is 0. The molecule has 3 heterocycles. The minimum absolute atomic E-state index is 0.0268. The van der Waals surface area contributed by atoms with Crippen LogP contribution in [0.4, 0.5) is 5.13 Å². The van der Waals surface area contributed by atoms with Crippen LogP contribution in [-0.4, -0.2) is 31.0 Å². The van der Waals surface area contributed by atoms with E-state index in [9.17, 15) is 0 Å². The molecule has 1 saturated heterocycles. The quantitative estimate of drug-likeness (QED) is 0.436. The largest absolute Gasteiger partial charge is 0.497 e. The Hall–Kier alpha value is -3.23. The lowest BCUT2D eigenvalue weighted by Gasteiger charge is -2.07. The van der Waals surface area contributed by atoms with Crippen LogP contribution in [0.25, 0.3) is 22.3 Å². The number of methoxy groups -OCH3 is 2. The molecule has 1 aliphatic heterocycles. The maximum atomic E-state index is 6.18. The highest BCUT2D eigenvalue weighted by atomic mass is 32.1. The van der Waals surface area contributed by atoms with Gasteiger partial charge in [0.05, 0.1) is 19.6 Å². The van der Waals surface area contributed by atoms with Gasteiger partial charge in [-0.1, -0.05) is 11.3 Å². The highest BCUT2D eigenvalue weighted by Crippen LogP contribution is 2.33. The van der Waals surface area contributed by atoms with Crippen LogP contribution in [0.3, 0.4) is 0 Å². The molecule has 1 fully saturated rings. The van der Waals surface area contributed by atoms with E-state index in [0.29, 0.717) is 16.5 Å². The molecule has 4 aromatic rings. The molecule has 158 valence electrons. The highest BCUT2D eigenvalue weighted by Gasteiger charge is 2.21. The molecule has 1 atom stereocenters. The first kappa shape index (κ1) is 19.7. The van der Waals surface area contributed by atoms with Gasteiger partial charge in [-0.15, -0.1) is 10.2 Å². The van der Waals surface area contributed by atoms with Crippen LogP contribution in [0.2, 0.25) is 0 Å². The highest BCUT2D eigenvalue weighted by molar-refractivity contribution is 7.15. The third-order valence-electron chi connectivity index (χ3n) is 5.18. The number of hydrogen-bond acceptors (Lipinski definition) is 8. The second kappa shape index (κ2) is 8.49. The number of fused-ring (bicyclic) bond motifs is 1. The SMILES string of the molecule is COc1ccc(-c2cc(=Nc3nnc([C@H]4CCCO4)s3)c3cc(OC)ccc3o2)cc1. The van der Waals surface area contributed by atoms with Crippen LogP contribution in [-0.2, 0) is 4.74 Å². The maximum Gasteiger partial charge on any atom is 0.232 e. The molecule has 5 rings (SSSR count). The van der Waals surface area contributed by atoms with Crippen molar-refractivity contribution in [3.8, 4) is 22.8 Å². The van der Waals surface area contributed by atoms with Gasteiger partial charge in [-0.3, -0.25) is 0 Å². The Morgan fingerprint density at radius 2 is 1.81 bits per heavy atom. The predicted octanol–water partition coefficient (Wildman–Crippen LogP) is 5.05. The van der Waals surface area contributed by atoms with E-state index in [1.165, 1.54) is 11.3 Å². The number of aromatic nitrogens is 2. The van der Waals surface area contributed by atoms with Gasteiger partial charge < -0.3 is 18.6 Å². The van der Waals surface area contributed by atoms with Crippen molar-refractivity contribution in [2.24, 2.45) is 4.99 Å². The zero-order valence-corrected chi connectivity index (χ0v) is 18.0. The van der Waals surface area contributed by atoms with Gasteiger partial charge in [0.25, 0.3) is 0 Å². The molecule has 31 heavy (non-hydrogen) atoms. The van der Waals surface area contributed by atoms with Gasteiger partial charge in [0.1, 0.15) is 34.0 Å². The van der Waals surface area contributed by atoms with Gasteiger partial charge in [-0.2, -0.15) is 0 Å². The number of rotatable bonds is 5. The van der Waals surface area contributed by atoms with Crippen LogP contribution in [0.5, 0.6) is 11.5 Å². The summed E-state index contributed by atoms with van der Waals surface area (Å²) in [5.74, 6) is 2.21. The van der Waals surface area contributed by atoms with Crippen molar-refractivity contribution < 1.29 is 18.6 Å². The molecule has 8 heteroatoms. The van der Waals surface area contributed by atoms with E-state index < -0.39 is 0 Å². The summed E-state index contributed by atoms with van der Waals surface area (Å²) in [4.78, 5) is 4.81. The van der Waals surface area contributed by atoms with E-state index in [1.807, 2.05) is 48.5 Å². The molecule has 1 aliphatic rings. The molecule has 0 bridgehead atoms. The Labute approximate surface area is 182 Å². The average Bonchev–Trinajstić information content (AvgIpc) is 3.51. The number of benzene rings is 2. The van der Waals surface area contributed by atoms with E-state index in [1.54, 1.807) is 14.2 Å². The molecular weight excluding hydrogens is 414 g/mol. The van der Waals surface area contributed by atoms with E-state index in [-0.39, 0.29) is 6.10 Å². The van der Waals surface area contributed by atoms with Crippen molar-refractivity contribution in [3.05, 3.63) is 58.9 Å². The van der Waals surface area contributed by atoms with E-state index in [0.717, 1.165) is 52.3 Å². The summed E-state index contributed by atoms with van der Waals surface area (Å²) in [7, 11) is 3.28. The lowest BCUT2D eigenvalue weighted by Crippen LogP contribution is -2.03. The molecule has 2 aromatic carbocycles. The Bertz CT molecular complexity index is 1270. The summed E-state index contributed by atoms with van der Waals surface area (Å²) < 4.78 is 22.6. The van der Waals surface area contributed by atoms with Crippen molar-refractivity contribution >= 4 is 27.4 Å². The third-order valence-corrected chi connectivity index (χ3v) is 6.09. The molecule has 0 amide bonds. The fourth-order valence-corrected chi connectivity index (χ4v) is 4.35. The van der Waals surface area contributed by atoms with Crippen molar-refractivity contribution in [2.45, 2.75) is 18.9 Å². The number of ether oxygens (including phenoxy) is 3. The normalized spacial score (nSPS) is 16.7. The third kappa shape index (κ3) is 4.04. The molecule has 7 nitrogen and oxygen atoms in total. The standard InChI is InChI=1S/C23H21N3O4S/c1-27-15-7-5-14(6-8-15)21-13-18(17-12-16(28-2)9-10-19(17)30-21)24-23-26-25-22(31-23)20-4-3-11-29-20/h5-10,12-13,20H,3-4,11H2,1-2H3/t20-/m1/s1. The van der Waals surface area contributed by atoms with Gasteiger partial charge in [0.15, 0.2) is 0 Å². The van der Waals surface area contributed by atoms with Gasteiger partial charge in [0, 0.05) is 23.6 Å². The van der Waals surface area contributed by atoms with Gasteiger partial charge in [0.2, 0.25) is 5.13 Å². The first-order valence-corrected chi connectivity index (χ1v) is 10.8. The van der Waals surface area contributed by atoms with Gasteiger partial charge in [-0.05, 0) is 55.3 Å². The van der Waals surface area contributed by atoms with Crippen molar-refractivity contribution in [3.63, 3.8) is 0 Å². The average molecular weight is 436 g/mol. The molecule has 0 aliphatic carbocycles. The molecule has 2 aromatic heterocycles. The molecule has 0 N–H and O–H groups in total. The molecule has 0 saturated carbocycles. The van der Waals surface area contributed by atoms with E-state index in [2.05, 4.69) is 10.2 Å². The van der Waals surface area contributed by atoms with Crippen LogP contribution in [0.1, 0.15) is 24.0 Å². The first-order chi connectivity index (χ1) is 15.2. The lowest BCUT2D eigenvalue weighted by molar-refractivity contribution is 0.111. The number of nitrogens with zero attached hydrogens (tertiary/aromatic N) is 3. The molecule has 0 radical (unpaired) electrons. The van der Waals surface area contributed by atoms with Crippen LogP contribution in [0.15, 0.2) is 57.9 Å². The Balaban J connectivity index is 1.64. The molecule has 0 spiro atoms. The summed E-state index contributed by atoms with van der Waals surface area (Å²) in [6.45, 7) is 0.770. The zero-order valence-electron chi connectivity index (χ0n) is 17.2. The van der Waals surface area contributed by atoms with Crippen LogP contribution >= 0.6 is 11.3 Å². The van der Waals surface area contributed by atoms with Crippen LogP contribution in [0, 0.1) is 0 Å². The van der Waals surface area contributed by atoms with Gasteiger partial charge >= 0.3 is 0 Å².